The number of benzene rings is 2. The second-order valence-corrected chi connectivity index (χ2v) is 9.91. The Morgan fingerprint density at radius 3 is 2.72 bits per heavy atom. The van der Waals surface area contributed by atoms with Crippen LogP contribution in [-0.4, -0.2) is 49.8 Å². The Morgan fingerprint density at radius 2 is 2.00 bits per heavy atom. The molecule has 3 aromatic rings. The maximum absolute atomic E-state index is 13.6. The molecule has 0 unspecified atom stereocenters. The molecule has 170 valence electrons. The van der Waals surface area contributed by atoms with E-state index in [4.69, 9.17) is 14.6 Å². The molecule has 8 nitrogen and oxygen atoms in total. The lowest BCUT2D eigenvalue weighted by Crippen LogP contribution is -2.29. The van der Waals surface area contributed by atoms with Crippen LogP contribution in [0.25, 0.3) is 10.9 Å². The van der Waals surface area contributed by atoms with Crippen molar-refractivity contribution in [2.75, 3.05) is 25.1 Å². The highest BCUT2D eigenvalue weighted by atomic mass is 32.2. The van der Waals surface area contributed by atoms with Gasteiger partial charge in [0.15, 0.2) is 0 Å². The highest BCUT2D eigenvalue weighted by molar-refractivity contribution is 7.90. The van der Waals surface area contributed by atoms with E-state index in [1.807, 2.05) is 25.8 Å². The van der Waals surface area contributed by atoms with Crippen molar-refractivity contribution >= 4 is 32.6 Å². The summed E-state index contributed by atoms with van der Waals surface area (Å²) in [4.78, 5) is 13.2. The van der Waals surface area contributed by atoms with Crippen molar-refractivity contribution in [3.05, 3.63) is 48.2 Å². The number of ether oxygens (including phenoxy) is 2. The summed E-state index contributed by atoms with van der Waals surface area (Å²) in [5.74, 6) is 0.123. The number of hydrogen-bond donors (Lipinski definition) is 1. The number of aliphatic carboxylic acids is 1. The molecule has 0 bridgehead atoms. The fraction of sp³-hybridized carbons (Fsp3) is 0.348. The summed E-state index contributed by atoms with van der Waals surface area (Å²) in [6.07, 6.45) is 1.56. The van der Waals surface area contributed by atoms with E-state index >= 15 is 0 Å². The lowest BCUT2D eigenvalue weighted by atomic mass is 10.1. The Hall–Kier alpha value is -3.20. The number of fused-ring (bicyclic) bond motifs is 2. The van der Waals surface area contributed by atoms with Crippen molar-refractivity contribution in [2.45, 2.75) is 37.7 Å². The van der Waals surface area contributed by atoms with Crippen molar-refractivity contribution < 1.29 is 27.8 Å². The van der Waals surface area contributed by atoms with Crippen molar-refractivity contribution in [3.8, 4) is 11.5 Å². The third-order valence-corrected chi connectivity index (χ3v) is 7.06. The van der Waals surface area contributed by atoms with Crippen LogP contribution in [0.1, 0.15) is 25.8 Å². The lowest BCUT2D eigenvalue weighted by Gasteiger charge is -2.27. The SMILES string of the molecule is CC(C)Oc1ccc2c(CCC(=O)O)cn(S(=O)(=O)c3ccc4c(c3)OCCN4C)c2c1. The Labute approximate surface area is 187 Å². The Bertz CT molecular complexity index is 1280. The van der Waals surface area contributed by atoms with Gasteiger partial charge in [0.2, 0.25) is 0 Å². The zero-order chi connectivity index (χ0) is 23.0. The van der Waals surface area contributed by atoms with Gasteiger partial charge in [-0.3, -0.25) is 4.79 Å². The average molecular weight is 459 g/mol. The number of hydrogen-bond acceptors (Lipinski definition) is 6. The van der Waals surface area contributed by atoms with Gasteiger partial charge in [0.25, 0.3) is 10.0 Å². The maximum atomic E-state index is 13.6. The number of nitrogens with zero attached hydrogens (tertiary/aromatic N) is 2. The van der Waals surface area contributed by atoms with Crippen molar-refractivity contribution in [1.29, 1.82) is 0 Å². The van der Waals surface area contributed by atoms with Crippen molar-refractivity contribution in [3.63, 3.8) is 0 Å². The van der Waals surface area contributed by atoms with Gasteiger partial charge in [0.05, 0.1) is 28.7 Å². The summed E-state index contributed by atoms with van der Waals surface area (Å²) in [6.45, 7) is 4.99. The highest BCUT2D eigenvalue weighted by Crippen LogP contribution is 2.35. The molecule has 1 aliphatic rings. The van der Waals surface area contributed by atoms with E-state index in [1.165, 1.54) is 16.2 Å². The Morgan fingerprint density at radius 1 is 1.22 bits per heavy atom. The molecule has 1 aliphatic heterocycles. The fourth-order valence-corrected chi connectivity index (χ4v) is 5.24. The van der Waals surface area contributed by atoms with Crippen LogP contribution >= 0.6 is 0 Å². The average Bonchev–Trinajstić information content (AvgIpc) is 3.10. The molecule has 0 amide bonds. The largest absolute Gasteiger partial charge is 0.491 e. The van der Waals surface area contributed by atoms with E-state index < -0.39 is 16.0 Å². The van der Waals surface area contributed by atoms with Crippen LogP contribution in [0.3, 0.4) is 0 Å². The smallest absolute Gasteiger partial charge is 0.303 e. The molecule has 1 aromatic heterocycles. The lowest BCUT2D eigenvalue weighted by molar-refractivity contribution is -0.136. The van der Waals surface area contributed by atoms with Gasteiger partial charge in [-0.05, 0) is 50.1 Å². The summed E-state index contributed by atoms with van der Waals surface area (Å²) in [6, 6.07) is 10.1. The van der Waals surface area contributed by atoms with Crippen LogP contribution in [0.15, 0.2) is 47.5 Å². The first-order valence-corrected chi connectivity index (χ1v) is 11.9. The Balaban J connectivity index is 1.84. The molecule has 0 radical (unpaired) electrons. The number of carboxylic acid groups (broad SMARTS) is 1. The van der Waals surface area contributed by atoms with Crippen LogP contribution in [0, 0.1) is 0 Å². The summed E-state index contributed by atoms with van der Waals surface area (Å²) in [5.41, 5.74) is 1.93. The molecule has 2 heterocycles. The zero-order valence-electron chi connectivity index (χ0n) is 18.2. The van der Waals surface area contributed by atoms with Crippen molar-refractivity contribution in [1.82, 2.24) is 3.97 Å². The van der Waals surface area contributed by atoms with Gasteiger partial charge >= 0.3 is 5.97 Å². The minimum absolute atomic E-state index is 0.0752. The van der Waals surface area contributed by atoms with E-state index in [0.29, 0.717) is 34.6 Å². The molecule has 4 rings (SSSR count). The Kier molecular flexibility index (Phi) is 5.77. The molecular weight excluding hydrogens is 432 g/mol. The molecule has 0 spiro atoms. The maximum Gasteiger partial charge on any atom is 0.303 e. The van der Waals surface area contributed by atoms with Crippen LogP contribution in [0.2, 0.25) is 0 Å². The molecule has 0 aliphatic carbocycles. The normalized spacial score (nSPS) is 13.8. The number of likely N-dealkylation sites (N-methyl/N-ethyl adjacent to an activating group) is 1. The number of rotatable bonds is 7. The molecule has 2 aromatic carbocycles. The molecule has 0 fully saturated rings. The van der Waals surface area contributed by atoms with E-state index in [9.17, 15) is 13.2 Å². The first-order chi connectivity index (χ1) is 15.2. The molecule has 0 saturated heterocycles. The van der Waals surface area contributed by atoms with Gasteiger partial charge in [-0.2, -0.15) is 0 Å². The van der Waals surface area contributed by atoms with Gasteiger partial charge in [-0.15, -0.1) is 0 Å². The highest BCUT2D eigenvalue weighted by Gasteiger charge is 2.25. The van der Waals surface area contributed by atoms with Crippen LogP contribution in [0.5, 0.6) is 11.5 Å². The van der Waals surface area contributed by atoms with E-state index in [0.717, 1.165) is 12.2 Å². The van der Waals surface area contributed by atoms with Gasteiger partial charge in [-0.1, -0.05) is 0 Å². The molecule has 32 heavy (non-hydrogen) atoms. The second-order valence-electron chi connectivity index (χ2n) is 8.09. The second kappa shape index (κ2) is 8.38. The topological polar surface area (TPSA) is 98.1 Å². The predicted octanol–water partition coefficient (Wildman–Crippen LogP) is 3.51. The first-order valence-electron chi connectivity index (χ1n) is 10.4. The van der Waals surface area contributed by atoms with Crippen molar-refractivity contribution in [2.24, 2.45) is 0 Å². The number of carboxylic acids is 1. The minimum Gasteiger partial charge on any atom is -0.491 e. The standard InChI is InChI=1S/C23H26N2O6S/c1-15(2)31-17-5-7-19-16(4-9-23(26)27)14-25(21(19)12-17)32(28,29)18-6-8-20-22(13-18)30-11-10-24(20)3/h5-8,12-15H,4,9-11H2,1-3H3,(H,26,27). The first kappa shape index (κ1) is 22.0. The number of anilines is 1. The summed E-state index contributed by atoms with van der Waals surface area (Å²) in [5, 5.41) is 9.79. The van der Waals surface area contributed by atoms with E-state index in [-0.39, 0.29) is 23.8 Å². The molecule has 1 N–H and O–H groups in total. The quantitative estimate of drug-likeness (QED) is 0.578. The molecular formula is C23H26N2O6S. The fourth-order valence-electron chi connectivity index (χ4n) is 3.84. The van der Waals surface area contributed by atoms with Gasteiger partial charge in [-0.25, -0.2) is 12.4 Å². The van der Waals surface area contributed by atoms with Gasteiger partial charge < -0.3 is 19.5 Å². The third kappa shape index (κ3) is 4.12. The molecule has 0 saturated carbocycles. The molecule has 9 heteroatoms. The third-order valence-electron chi connectivity index (χ3n) is 5.39. The number of carbonyl (C=O) groups is 1. The zero-order valence-corrected chi connectivity index (χ0v) is 19.1. The summed E-state index contributed by atoms with van der Waals surface area (Å²) in [7, 11) is -2.03. The summed E-state index contributed by atoms with van der Waals surface area (Å²) >= 11 is 0. The number of aromatic nitrogens is 1. The van der Waals surface area contributed by atoms with Crippen LogP contribution in [-0.2, 0) is 21.2 Å². The minimum atomic E-state index is -3.96. The predicted molar refractivity (Wildman–Crippen MR) is 121 cm³/mol. The van der Waals surface area contributed by atoms with Crippen LogP contribution in [0.4, 0.5) is 5.69 Å². The van der Waals surface area contributed by atoms with E-state index in [1.54, 1.807) is 30.3 Å². The van der Waals surface area contributed by atoms with E-state index in [2.05, 4.69) is 0 Å². The van der Waals surface area contributed by atoms with Crippen LogP contribution < -0.4 is 14.4 Å². The monoisotopic (exact) mass is 458 g/mol. The van der Waals surface area contributed by atoms with Gasteiger partial charge in [0.1, 0.15) is 18.1 Å². The van der Waals surface area contributed by atoms with Gasteiger partial charge in [0, 0.05) is 37.2 Å². The summed E-state index contributed by atoms with van der Waals surface area (Å²) < 4.78 is 39.9. The number of aryl methyl sites for hydroxylation is 1. The molecule has 0 atom stereocenters.